The Morgan fingerprint density at radius 2 is 2.08 bits per heavy atom. The van der Waals surface area contributed by atoms with Crippen LogP contribution in [-0.2, 0) is 12.6 Å². The second-order valence-corrected chi connectivity index (χ2v) is 5.32. The molecule has 2 rings (SSSR count). The highest BCUT2D eigenvalue weighted by molar-refractivity contribution is 5.50. The van der Waals surface area contributed by atoms with E-state index in [4.69, 9.17) is 0 Å². The van der Waals surface area contributed by atoms with E-state index in [-0.39, 0.29) is 5.69 Å². The fourth-order valence-electron chi connectivity index (χ4n) is 2.28. The molecule has 0 spiro atoms. The Balaban J connectivity index is 2.15. The van der Waals surface area contributed by atoms with Gasteiger partial charge < -0.3 is 15.0 Å². The van der Waals surface area contributed by atoms with Crippen molar-refractivity contribution < 1.29 is 27.6 Å². The molecule has 0 fully saturated rings. The highest BCUT2D eigenvalue weighted by Crippen LogP contribution is 2.40. The van der Waals surface area contributed by atoms with Crippen LogP contribution in [0.1, 0.15) is 12.2 Å². The largest absolute Gasteiger partial charge is 0.424 e. The van der Waals surface area contributed by atoms with Crippen molar-refractivity contribution in [3.05, 3.63) is 52.3 Å². The van der Waals surface area contributed by atoms with E-state index in [9.17, 15) is 32.8 Å². The minimum Gasteiger partial charge on any atom is -0.383 e. The van der Waals surface area contributed by atoms with E-state index in [0.717, 1.165) is 22.9 Å². The van der Waals surface area contributed by atoms with Gasteiger partial charge in [0.15, 0.2) is 5.82 Å². The lowest BCUT2D eigenvalue weighted by Gasteiger charge is -2.30. The minimum absolute atomic E-state index is 0.213. The van der Waals surface area contributed by atoms with Gasteiger partial charge in [-0.2, -0.15) is 13.2 Å². The van der Waals surface area contributed by atoms with Gasteiger partial charge in [-0.1, -0.05) is 0 Å². The number of hydrogen-bond donors (Lipinski definition) is 2. The molecule has 0 amide bonds. The summed E-state index contributed by atoms with van der Waals surface area (Å²) in [6.45, 7) is -0.447. The fraction of sp³-hybridized carbons (Fsp3) is 0.357. The average Bonchev–Trinajstić information content (AvgIpc) is 2.94. The number of nitro groups is 1. The van der Waals surface area contributed by atoms with E-state index in [1.165, 1.54) is 13.2 Å². The van der Waals surface area contributed by atoms with Gasteiger partial charge in [-0.3, -0.25) is 10.1 Å². The standard InChI is InChI=1S/C14H14F4N4O3/c1-21-7-6-20-12(21)13(23,14(16,17)18)4-5-19-11-3-2-9(22(24)25)8-10(11)15/h2-3,6-8,19,23H,4-5H2,1H3. The topological polar surface area (TPSA) is 93.2 Å². The highest BCUT2D eigenvalue weighted by atomic mass is 19.4. The van der Waals surface area contributed by atoms with Gasteiger partial charge in [-0.05, 0) is 6.07 Å². The van der Waals surface area contributed by atoms with Crippen LogP contribution >= 0.6 is 0 Å². The molecule has 25 heavy (non-hydrogen) atoms. The third-order valence-corrected chi connectivity index (χ3v) is 3.63. The second kappa shape index (κ2) is 6.67. The number of benzene rings is 1. The van der Waals surface area contributed by atoms with Crippen molar-refractivity contribution in [2.24, 2.45) is 7.05 Å². The summed E-state index contributed by atoms with van der Waals surface area (Å²) in [5, 5.41) is 23.1. The molecule has 1 atom stereocenters. The van der Waals surface area contributed by atoms with Gasteiger partial charge in [0.1, 0.15) is 5.82 Å². The van der Waals surface area contributed by atoms with Crippen molar-refractivity contribution in [2.75, 3.05) is 11.9 Å². The van der Waals surface area contributed by atoms with Gasteiger partial charge in [0.2, 0.25) is 5.60 Å². The van der Waals surface area contributed by atoms with Gasteiger partial charge in [-0.15, -0.1) is 0 Å². The van der Waals surface area contributed by atoms with E-state index in [2.05, 4.69) is 10.3 Å². The number of nitrogens with zero attached hydrogens (tertiary/aromatic N) is 3. The van der Waals surface area contributed by atoms with Crippen LogP contribution in [0.2, 0.25) is 0 Å². The molecule has 0 saturated carbocycles. The summed E-state index contributed by atoms with van der Waals surface area (Å²) in [7, 11) is 1.31. The second-order valence-electron chi connectivity index (χ2n) is 5.32. The first-order valence-electron chi connectivity index (χ1n) is 7.01. The number of aliphatic hydroxyl groups is 1. The number of anilines is 1. The number of halogens is 4. The summed E-state index contributed by atoms with van der Waals surface area (Å²) in [6.07, 6.45) is -3.45. The predicted octanol–water partition coefficient (Wildman–Crippen LogP) is 2.72. The third-order valence-electron chi connectivity index (χ3n) is 3.63. The molecular weight excluding hydrogens is 348 g/mol. The maximum absolute atomic E-state index is 13.7. The van der Waals surface area contributed by atoms with E-state index in [1.54, 1.807) is 0 Å². The van der Waals surface area contributed by atoms with Gasteiger partial charge in [0.05, 0.1) is 16.7 Å². The van der Waals surface area contributed by atoms with E-state index in [1.807, 2.05) is 0 Å². The summed E-state index contributed by atoms with van der Waals surface area (Å²) in [5.74, 6) is -1.58. The van der Waals surface area contributed by atoms with Gasteiger partial charge in [-0.25, -0.2) is 9.37 Å². The van der Waals surface area contributed by atoms with Crippen LogP contribution in [0.5, 0.6) is 0 Å². The van der Waals surface area contributed by atoms with Crippen LogP contribution in [0, 0.1) is 15.9 Å². The van der Waals surface area contributed by atoms with Crippen molar-refractivity contribution in [1.29, 1.82) is 0 Å². The van der Waals surface area contributed by atoms with Gasteiger partial charge in [0, 0.05) is 38.5 Å². The number of imidazole rings is 1. The monoisotopic (exact) mass is 362 g/mol. The Morgan fingerprint density at radius 1 is 1.40 bits per heavy atom. The molecule has 1 aromatic heterocycles. The third kappa shape index (κ3) is 3.71. The maximum atomic E-state index is 13.7. The van der Waals surface area contributed by atoms with Gasteiger partial charge >= 0.3 is 6.18 Å². The maximum Gasteiger partial charge on any atom is 0.424 e. The number of non-ortho nitro benzene ring substituents is 1. The Morgan fingerprint density at radius 3 is 2.56 bits per heavy atom. The lowest BCUT2D eigenvalue weighted by Crippen LogP contribution is -2.45. The number of aryl methyl sites for hydroxylation is 1. The Kier molecular flexibility index (Phi) is 4.97. The molecule has 0 radical (unpaired) electrons. The summed E-state index contributed by atoms with van der Waals surface area (Å²) < 4.78 is 54.7. The molecule has 0 aliphatic rings. The molecule has 0 bridgehead atoms. The molecule has 2 aromatic rings. The average molecular weight is 362 g/mol. The van der Waals surface area contributed by atoms with Crippen molar-refractivity contribution in [3.8, 4) is 0 Å². The first-order valence-corrected chi connectivity index (χ1v) is 7.01. The Hall–Kier alpha value is -2.69. The SMILES string of the molecule is Cn1ccnc1C(O)(CCNc1ccc([N+](=O)[O-])cc1F)C(F)(F)F. The van der Waals surface area contributed by atoms with Crippen LogP contribution in [0.4, 0.5) is 28.9 Å². The number of rotatable bonds is 6. The summed E-state index contributed by atoms with van der Waals surface area (Å²) in [4.78, 5) is 13.3. The molecule has 136 valence electrons. The molecular formula is C14H14F4N4O3. The zero-order valence-electron chi connectivity index (χ0n) is 12.9. The predicted molar refractivity (Wildman–Crippen MR) is 79.3 cm³/mol. The Bertz CT molecular complexity index is 778. The molecule has 7 nitrogen and oxygen atoms in total. The van der Waals surface area contributed by atoms with Crippen LogP contribution in [0.25, 0.3) is 0 Å². The van der Waals surface area contributed by atoms with Crippen LogP contribution in [0.3, 0.4) is 0 Å². The minimum atomic E-state index is -5.00. The van der Waals surface area contributed by atoms with Crippen molar-refractivity contribution in [1.82, 2.24) is 9.55 Å². The number of aromatic nitrogens is 2. The smallest absolute Gasteiger partial charge is 0.383 e. The molecule has 1 heterocycles. The van der Waals surface area contributed by atoms with Crippen molar-refractivity contribution in [3.63, 3.8) is 0 Å². The van der Waals surface area contributed by atoms with Crippen LogP contribution < -0.4 is 5.32 Å². The number of nitrogens with one attached hydrogen (secondary N) is 1. The lowest BCUT2D eigenvalue weighted by molar-refractivity contribution is -0.385. The molecule has 2 N–H and O–H groups in total. The van der Waals surface area contributed by atoms with Crippen LogP contribution in [0.15, 0.2) is 30.6 Å². The van der Waals surface area contributed by atoms with Gasteiger partial charge in [0.25, 0.3) is 5.69 Å². The molecule has 0 aliphatic heterocycles. The van der Waals surface area contributed by atoms with Crippen molar-refractivity contribution >= 4 is 11.4 Å². The zero-order valence-corrected chi connectivity index (χ0v) is 12.9. The molecule has 1 unspecified atom stereocenters. The normalized spacial score (nSPS) is 14.2. The number of nitro benzene ring substituents is 1. The molecule has 11 heteroatoms. The molecule has 0 saturated heterocycles. The number of alkyl halides is 3. The van der Waals surface area contributed by atoms with E-state index in [0.29, 0.717) is 6.07 Å². The fourth-order valence-corrected chi connectivity index (χ4v) is 2.28. The molecule has 1 aromatic carbocycles. The Labute approximate surface area is 139 Å². The first kappa shape index (κ1) is 18.6. The van der Waals surface area contributed by atoms with E-state index >= 15 is 0 Å². The zero-order chi connectivity index (χ0) is 18.8. The molecule has 0 aliphatic carbocycles. The van der Waals surface area contributed by atoms with Crippen molar-refractivity contribution in [2.45, 2.75) is 18.2 Å². The first-order chi connectivity index (χ1) is 11.6. The lowest BCUT2D eigenvalue weighted by atomic mass is 9.97. The van der Waals surface area contributed by atoms with E-state index < -0.39 is 47.0 Å². The summed E-state index contributed by atoms with van der Waals surface area (Å²) >= 11 is 0. The number of hydrogen-bond acceptors (Lipinski definition) is 5. The summed E-state index contributed by atoms with van der Waals surface area (Å²) in [6, 6.07) is 2.71. The summed E-state index contributed by atoms with van der Waals surface area (Å²) in [5.41, 5.74) is -3.92. The highest BCUT2D eigenvalue weighted by Gasteiger charge is 2.57. The quantitative estimate of drug-likeness (QED) is 0.468. The van der Waals surface area contributed by atoms with Crippen LogP contribution in [-0.4, -0.2) is 32.3 Å².